The molecule has 1 amide bonds. The van der Waals surface area contributed by atoms with Gasteiger partial charge in [0, 0.05) is 44.4 Å². The molecule has 0 bridgehead atoms. The smallest absolute Gasteiger partial charge is 0.286 e. The van der Waals surface area contributed by atoms with Gasteiger partial charge in [-0.3, -0.25) is 9.69 Å². The van der Waals surface area contributed by atoms with Gasteiger partial charge in [0.05, 0.1) is 9.80 Å². The number of aliphatic imine (C=N–C) groups is 1. The first-order chi connectivity index (χ1) is 16.8. The van der Waals surface area contributed by atoms with E-state index in [1.54, 1.807) is 30.3 Å². The predicted molar refractivity (Wildman–Crippen MR) is 137 cm³/mol. The number of carbonyl (C=O) groups excluding carboxylic acids is 1. The molecule has 10 heteroatoms. The van der Waals surface area contributed by atoms with Crippen LogP contribution in [0, 0.1) is 0 Å². The minimum Gasteiger partial charge on any atom is -0.457 e. The van der Waals surface area contributed by atoms with Gasteiger partial charge in [0.15, 0.2) is 5.17 Å². The van der Waals surface area contributed by atoms with Crippen LogP contribution in [0.4, 0.5) is 0 Å². The zero-order valence-corrected chi connectivity index (χ0v) is 20.5. The number of carbonyl (C=O) groups is 1. The Morgan fingerprint density at radius 1 is 0.971 bits per heavy atom. The van der Waals surface area contributed by atoms with Crippen molar-refractivity contribution in [2.24, 2.45) is 10.1 Å². The summed E-state index contributed by atoms with van der Waals surface area (Å²) < 4.78 is 28.7. The predicted octanol–water partition coefficient (Wildman–Crippen LogP) is 3.38. The van der Waals surface area contributed by atoms with Gasteiger partial charge in [0.1, 0.15) is 11.5 Å². The molecule has 2 aromatic carbocycles. The van der Waals surface area contributed by atoms with E-state index in [1.165, 1.54) is 29.5 Å². The number of amidine groups is 1. The van der Waals surface area contributed by atoms with E-state index in [-0.39, 0.29) is 10.8 Å². The molecule has 0 atom stereocenters. The Labute approximate surface area is 208 Å². The Bertz CT molecular complexity index is 1390. The molecule has 2 aliphatic heterocycles. The normalized spacial score (nSPS) is 18.3. The summed E-state index contributed by atoms with van der Waals surface area (Å²) in [6.45, 7) is 4.38. The summed E-state index contributed by atoms with van der Waals surface area (Å²) in [7, 11) is -3.75. The molecule has 1 aromatic heterocycles. The quantitative estimate of drug-likeness (QED) is 0.526. The van der Waals surface area contributed by atoms with Gasteiger partial charge in [-0.1, -0.05) is 30.3 Å². The van der Waals surface area contributed by atoms with Crippen LogP contribution in [0.1, 0.15) is 11.3 Å². The van der Waals surface area contributed by atoms with Crippen LogP contribution in [0.25, 0.3) is 17.4 Å². The second-order valence-corrected chi connectivity index (χ2v) is 10.9. The van der Waals surface area contributed by atoms with E-state index < -0.39 is 10.0 Å². The molecule has 5 rings (SSSR count). The fourth-order valence-electron chi connectivity index (χ4n) is 4.00. The van der Waals surface area contributed by atoms with Gasteiger partial charge in [0.2, 0.25) is 10.0 Å². The fraction of sp³-hybridized carbons (Fsp3) is 0.200. The molecule has 3 heterocycles. The van der Waals surface area contributed by atoms with Crippen molar-refractivity contribution in [3.05, 3.63) is 83.0 Å². The molecule has 0 spiro atoms. The highest BCUT2D eigenvalue weighted by atomic mass is 32.2. The highest BCUT2D eigenvalue weighted by molar-refractivity contribution is 8.18. The SMILES string of the molecule is NS(=O)(=O)c1ccc(-c2ccc(/C=C3\SC(N4CCN(Cc5ccccc5)CC4)=NC3=O)o2)cc1. The molecule has 0 aliphatic carbocycles. The molecule has 3 aromatic rings. The van der Waals surface area contributed by atoms with Crippen molar-refractivity contribution in [2.75, 3.05) is 26.2 Å². The number of rotatable bonds is 5. The van der Waals surface area contributed by atoms with Gasteiger partial charge in [-0.25, -0.2) is 13.6 Å². The third-order valence-electron chi connectivity index (χ3n) is 5.87. The third kappa shape index (κ3) is 5.57. The summed E-state index contributed by atoms with van der Waals surface area (Å²) in [6.07, 6.45) is 1.69. The lowest BCUT2D eigenvalue weighted by Gasteiger charge is -2.35. The van der Waals surface area contributed by atoms with E-state index in [4.69, 9.17) is 9.56 Å². The van der Waals surface area contributed by atoms with Gasteiger partial charge in [-0.2, -0.15) is 4.99 Å². The van der Waals surface area contributed by atoms with E-state index in [0.717, 1.165) is 37.9 Å². The zero-order valence-electron chi connectivity index (χ0n) is 18.8. The first-order valence-corrected chi connectivity index (χ1v) is 13.5. The van der Waals surface area contributed by atoms with Crippen LogP contribution in [0.2, 0.25) is 0 Å². The molecule has 1 fully saturated rings. The highest BCUT2D eigenvalue weighted by Crippen LogP contribution is 2.32. The zero-order chi connectivity index (χ0) is 24.4. The van der Waals surface area contributed by atoms with Crippen molar-refractivity contribution in [3.63, 3.8) is 0 Å². The number of piperazine rings is 1. The fourth-order valence-corrected chi connectivity index (χ4v) is 5.46. The number of hydrogen-bond donors (Lipinski definition) is 1. The first kappa shape index (κ1) is 23.6. The summed E-state index contributed by atoms with van der Waals surface area (Å²) in [4.78, 5) is 21.9. The van der Waals surface area contributed by atoms with E-state index >= 15 is 0 Å². The Morgan fingerprint density at radius 2 is 1.69 bits per heavy atom. The third-order valence-corrected chi connectivity index (χ3v) is 7.84. The summed E-state index contributed by atoms with van der Waals surface area (Å²) in [6, 6.07) is 20.1. The van der Waals surface area contributed by atoms with Gasteiger partial charge in [-0.05, 0) is 53.7 Å². The van der Waals surface area contributed by atoms with E-state index in [0.29, 0.717) is 22.0 Å². The van der Waals surface area contributed by atoms with Crippen molar-refractivity contribution < 1.29 is 17.6 Å². The standard InChI is InChI=1S/C25H24N4O4S2/c26-35(31,32)21-9-6-19(7-10-21)22-11-8-20(33-22)16-23-24(30)27-25(34-23)29-14-12-28(13-15-29)17-18-4-2-1-3-5-18/h1-11,16H,12-15,17H2,(H2,26,31,32)/b23-16-. The number of nitrogens with two attached hydrogens (primary N) is 1. The Kier molecular flexibility index (Phi) is 6.61. The molecule has 0 unspecified atom stereocenters. The van der Waals surface area contributed by atoms with Crippen LogP contribution in [0.15, 0.2) is 85.9 Å². The topological polar surface area (TPSA) is 109 Å². The number of sulfonamides is 1. The van der Waals surface area contributed by atoms with Crippen molar-refractivity contribution in [1.29, 1.82) is 0 Å². The largest absolute Gasteiger partial charge is 0.457 e. The van der Waals surface area contributed by atoms with Crippen molar-refractivity contribution >= 4 is 38.9 Å². The maximum absolute atomic E-state index is 12.5. The second kappa shape index (κ2) is 9.82. The molecular formula is C25H24N4O4S2. The number of primary sulfonamides is 1. The lowest BCUT2D eigenvalue weighted by molar-refractivity contribution is -0.113. The maximum Gasteiger partial charge on any atom is 0.286 e. The molecule has 8 nitrogen and oxygen atoms in total. The summed E-state index contributed by atoms with van der Waals surface area (Å²) in [5.41, 5.74) is 2.00. The van der Waals surface area contributed by atoms with Crippen molar-refractivity contribution in [3.8, 4) is 11.3 Å². The number of amides is 1. The van der Waals surface area contributed by atoms with Crippen LogP contribution in [0.3, 0.4) is 0 Å². The van der Waals surface area contributed by atoms with E-state index in [2.05, 4.69) is 39.1 Å². The summed E-state index contributed by atoms with van der Waals surface area (Å²) in [5.74, 6) is 0.812. The van der Waals surface area contributed by atoms with Crippen LogP contribution in [-0.4, -0.2) is 55.5 Å². The molecule has 0 saturated carbocycles. The molecule has 2 N–H and O–H groups in total. The molecule has 35 heavy (non-hydrogen) atoms. The lowest BCUT2D eigenvalue weighted by atomic mass is 10.2. The molecule has 180 valence electrons. The number of furan rings is 1. The molecule has 1 saturated heterocycles. The Balaban J connectivity index is 1.20. The second-order valence-electron chi connectivity index (χ2n) is 8.33. The van der Waals surface area contributed by atoms with Crippen LogP contribution < -0.4 is 5.14 Å². The average molecular weight is 509 g/mol. The van der Waals surface area contributed by atoms with Gasteiger partial charge in [0.25, 0.3) is 5.91 Å². The van der Waals surface area contributed by atoms with Gasteiger partial charge >= 0.3 is 0 Å². The molecular weight excluding hydrogens is 484 g/mol. The van der Waals surface area contributed by atoms with Gasteiger partial charge < -0.3 is 9.32 Å². The van der Waals surface area contributed by atoms with Crippen molar-refractivity contribution in [2.45, 2.75) is 11.4 Å². The molecule has 0 radical (unpaired) electrons. The average Bonchev–Trinajstić information content (AvgIpc) is 3.47. The molecule has 2 aliphatic rings. The highest BCUT2D eigenvalue weighted by Gasteiger charge is 2.28. The number of hydrogen-bond acceptors (Lipinski definition) is 7. The lowest BCUT2D eigenvalue weighted by Crippen LogP contribution is -2.47. The van der Waals surface area contributed by atoms with E-state index in [9.17, 15) is 13.2 Å². The maximum atomic E-state index is 12.5. The Morgan fingerprint density at radius 3 is 2.37 bits per heavy atom. The minimum absolute atomic E-state index is 0.0358. The van der Waals surface area contributed by atoms with Gasteiger partial charge in [-0.15, -0.1) is 0 Å². The first-order valence-electron chi connectivity index (χ1n) is 11.1. The number of benzene rings is 2. The van der Waals surface area contributed by atoms with E-state index in [1.807, 2.05) is 6.07 Å². The van der Waals surface area contributed by atoms with Crippen molar-refractivity contribution in [1.82, 2.24) is 9.80 Å². The number of nitrogens with zero attached hydrogens (tertiary/aromatic N) is 3. The van der Waals surface area contributed by atoms with Crippen LogP contribution in [0.5, 0.6) is 0 Å². The monoisotopic (exact) mass is 508 g/mol. The van der Waals surface area contributed by atoms with Crippen LogP contribution in [-0.2, 0) is 21.4 Å². The number of thioether (sulfide) groups is 1. The Hall–Kier alpha value is -3.18. The van der Waals surface area contributed by atoms with Crippen LogP contribution >= 0.6 is 11.8 Å². The summed E-state index contributed by atoms with van der Waals surface area (Å²) >= 11 is 1.36. The summed E-state index contributed by atoms with van der Waals surface area (Å²) in [5, 5.41) is 5.87. The minimum atomic E-state index is -3.75.